The van der Waals surface area contributed by atoms with Crippen LogP contribution in [-0.4, -0.2) is 23.0 Å². The van der Waals surface area contributed by atoms with Crippen LogP contribution >= 0.6 is 0 Å². The first kappa shape index (κ1) is 26.5. The van der Waals surface area contributed by atoms with Gasteiger partial charge in [-0.2, -0.15) is 0 Å². The first-order valence-corrected chi connectivity index (χ1v) is 13.0. The first-order chi connectivity index (χ1) is 19.5. The van der Waals surface area contributed by atoms with Gasteiger partial charge in [-0.1, -0.05) is 97.1 Å². The normalized spacial score (nSPS) is 11.5. The van der Waals surface area contributed by atoms with Crippen molar-refractivity contribution in [2.24, 2.45) is 0 Å². The lowest BCUT2D eigenvalue weighted by Crippen LogP contribution is -2.42. The molecule has 0 aliphatic heterocycles. The second-order valence-corrected chi connectivity index (χ2v) is 9.46. The molecule has 0 radical (unpaired) electrons. The number of carboxylic acids is 1. The van der Waals surface area contributed by atoms with Crippen LogP contribution in [0.5, 0.6) is 11.5 Å². The van der Waals surface area contributed by atoms with Crippen LogP contribution in [0, 0.1) is 0 Å². The van der Waals surface area contributed by atoms with Crippen molar-refractivity contribution < 1.29 is 24.2 Å². The van der Waals surface area contributed by atoms with Gasteiger partial charge in [0.25, 0.3) is 5.91 Å². The number of carbonyl (C=O) groups is 2. The summed E-state index contributed by atoms with van der Waals surface area (Å²) in [4.78, 5) is 25.1. The van der Waals surface area contributed by atoms with Gasteiger partial charge in [0.15, 0.2) is 11.5 Å². The maximum atomic E-state index is 13.0. The van der Waals surface area contributed by atoms with E-state index in [0.29, 0.717) is 35.8 Å². The van der Waals surface area contributed by atoms with E-state index in [1.807, 2.05) is 91.0 Å². The average molecular weight is 532 g/mol. The molecule has 200 valence electrons. The minimum absolute atomic E-state index is 0.0787. The summed E-state index contributed by atoms with van der Waals surface area (Å²) in [7, 11) is 0. The van der Waals surface area contributed by atoms with E-state index in [9.17, 15) is 14.7 Å². The van der Waals surface area contributed by atoms with Crippen molar-refractivity contribution in [2.75, 3.05) is 0 Å². The number of nitrogens with one attached hydrogen (secondary N) is 1. The lowest BCUT2D eigenvalue weighted by molar-refractivity contribution is -0.139. The molecule has 6 heteroatoms. The molecule has 1 amide bonds. The van der Waals surface area contributed by atoms with Crippen molar-refractivity contribution in [3.05, 3.63) is 144 Å². The minimum atomic E-state index is -1.13. The van der Waals surface area contributed by atoms with Crippen molar-refractivity contribution in [1.29, 1.82) is 0 Å². The van der Waals surface area contributed by atoms with Gasteiger partial charge in [-0.25, -0.2) is 4.79 Å². The Morgan fingerprint density at radius 3 is 1.88 bits per heavy atom. The van der Waals surface area contributed by atoms with E-state index in [1.165, 1.54) is 0 Å². The summed E-state index contributed by atoms with van der Waals surface area (Å²) < 4.78 is 12.2. The summed E-state index contributed by atoms with van der Waals surface area (Å²) in [6.07, 6.45) is 0.0787. The molecule has 6 nitrogen and oxygen atoms in total. The average Bonchev–Trinajstić information content (AvgIpc) is 2.99. The fourth-order valence-electron chi connectivity index (χ4n) is 4.39. The van der Waals surface area contributed by atoms with E-state index in [4.69, 9.17) is 9.47 Å². The maximum Gasteiger partial charge on any atom is 0.326 e. The molecule has 2 N–H and O–H groups in total. The van der Waals surface area contributed by atoms with Gasteiger partial charge in [0.2, 0.25) is 0 Å². The molecule has 40 heavy (non-hydrogen) atoms. The second kappa shape index (κ2) is 12.6. The molecule has 0 heterocycles. The van der Waals surface area contributed by atoms with Crippen molar-refractivity contribution >= 4 is 22.6 Å². The maximum absolute atomic E-state index is 13.0. The van der Waals surface area contributed by atoms with Gasteiger partial charge in [-0.05, 0) is 51.7 Å². The number of amides is 1. The largest absolute Gasteiger partial charge is 0.485 e. The SMILES string of the molecule is O=C(N[C@@H](Cc1ccc(OCc2ccccc2)c(OCc2ccccc2)c1)C(=O)O)c1ccc2ccccc2c1. The fraction of sp³-hybridized carbons (Fsp3) is 0.118. The number of aliphatic carboxylic acids is 1. The Morgan fingerprint density at radius 2 is 1.23 bits per heavy atom. The van der Waals surface area contributed by atoms with Gasteiger partial charge in [-0.15, -0.1) is 0 Å². The number of fused-ring (bicyclic) bond motifs is 1. The lowest BCUT2D eigenvalue weighted by Gasteiger charge is -2.18. The van der Waals surface area contributed by atoms with Gasteiger partial charge in [0, 0.05) is 12.0 Å². The predicted molar refractivity (Wildman–Crippen MR) is 155 cm³/mol. The zero-order valence-electron chi connectivity index (χ0n) is 21.8. The molecule has 0 unspecified atom stereocenters. The van der Waals surface area contributed by atoms with Gasteiger partial charge in [0.1, 0.15) is 19.3 Å². The summed E-state index contributed by atoms with van der Waals surface area (Å²) in [6.45, 7) is 0.689. The monoisotopic (exact) mass is 531 g/mol. The van der Waals surface area contributed by atoms with Crippen molar-refractivity contribution in [2.45, 2.75) is 25.7 Å². The first-order valence-electron chi connectivity index (χ1n) is 13.0. The number of hydrogen-bond acceptors (Lipinski definition) is 4. The zero-order chi connectivity index (χ0) is 27.7. The van der Waals surface area contributed by atoms with Gasteiger partial charge in [0.05, 0.1) is 0 Å². The summed E-state index contributed by atoms with van der Waals surface area (Å²) in [5.74, 6) is -0.510. The Labute approximate surface area is 232 Å². The molecule has 5 rings (SSSR count). The summed E-state index contributed by atoms with van der Waals surface area (Å²) in [5.41, 5.74) is 3.11. The van der Waals surface area contributed by atoms with Crippen LogP contribution in [0.25, 0.3) is 10.8 Å². The third kappa shape index (κ3) is 6.85. The van der Waals surface area contributed by atoms with Crippen LogP contribution in [0.2, 0.25) is 0 Å². The third-order valence-corrected chi connectivity index (χ3v) is 6.54. The molecule has 5 aromatic rings. The number of hydrogen-bond donors (Lipinski definition) is 2. The molecular formula is C34H29NO5. The number of rotatable bonds is 11. The van der Waals surface area contributed by atoms with E-state index in [1.54, 1.807) is 30.3 Å². The van der Waals surface area contributed by atoms with Gasteiger partial charge < -0.3 is 19.9 Å². The summed E-state index contributed by atoms with van der Waals surface area (Å²) >= 11 is 0. The van der Waals surface area contributed by atoms with Crippen molar-refractivity contribution in [3.63, 3.8) is 0 Å². The van der Waals surface area contributed by atoms with E-state index in [0.717, 1.165) is 21.9 Å². The van der Waals surface area contributed by atoms with Crippen LogP contribution < -0.4 is 14.8 Å². The Morgan fingerprint density at radius 1 is 0.625 bits per heavy atom. The Bertz CT molecular complexity index is 1600. The van der Waals surface area contributed by atoms with Gasteiger partial charge >= 0.3 is 5.97 Å². The zero-order valence-corrected chi connectivity index (χ0v) is 21.8. The van der Waals surface area contributed by atoms with Crippen LogP contribution in [0.1, 0.15) is 27.0 Å². The highest BCUT2D eigenvalue weighted by atomic mass is 16.5. The molecule has 1 atom stereocenters. The fourth-order valence-corrected chi connectivity index (χ4v) is 4.39. The number of carboxylic acid groups (broad SMARTS) is 1. The molecule has 0 aliphatic rings. The summed E-state index contributed by atoms with van der Waals surface area (Å²) in [6, 6.07) is 36.8. The molecule has 0 saturated heterocycles. The van der Waals surface area contributed by atoms with Crippen LogP contribution in [0.15, 0.2) is 121 Å². The van der Waals surface area contributed by atoms with E-state index in [2.05, 4.69) is 5.32 Å². The third-order valence-electron chi connectivity index (χ3n) is 6.54. The number of carbonyl (C=O) groups excluding carboxylic acids is 1. The van der Waals surface area contributed by atoms with Crippen LogP contribution in [-0.2, 0) is 24.4 Å². The van der Waals surface area contributed by atoms with Crippen LogP contribution in [0.3, 0.4) is 0 Å². The van der Waals surface area contributed by atoms with Crippen LogP contribution in [0.4, 0.5) is 0 Å². The van der Waals surface area contributed by atoms with Crippen molar-refractivity contribution in [1.82, 2.24) is 5.32 Å². The lowest BCUT2D eigenvalue weighted by atomic mass is 10.0. The molecule has 5 aromatic carbocycles. The Kier molecular flexibility index (Phi) is 8.37. The summed E-state index contributed by atoms with van der Waals surface area (Å²) in [5, 5.41) is 14.5. The minimum Gasteiger partial charge on any atom is -0.485 e. The highest BCUT2D eigenvalue weighted by Crippen LogP contribution is 2.31. The molecule has 0 fully saturated rings. The molecule has 0 aliphatic carbocycles. The topological polar surface area (TPSA) is 84.9 Å². The second-order valence-electron chi connectivity index (χ2n) is 9.46. The highest BCUT2D eigenvalue weighted by molar-refractivity contribution is 6.00. The standard InChI is InChI=1S/C34H29NO5/c36-33(29-17-16-27-13-7-8-14-28(27)21-29)35-30(34(37)38)19-26-15-18-31(39-22-24-9-3-1-4-10-24)32(20-26)40-23-25-11-5-2-6-12-25/h1-18,20-21,30H,19,22-23H2,(H,35,36)(H,37,38)/t30-/m0/s1. The van der Waals surface area contributed by atoms with E-state index < -0.39 is 17.9 Å². The molecule has 0 bridgehead atoms. The Balaban J connectivity index is 1.33. The quantitative estimate of drug-likeness (QED) is 0.205. The molecular weight excluding hydrogens is 502 g/mol. The van der Waals surface area contributed by atoms with E-state index in [-0.39, 0.29) is 6.42 Å². The Hall–Kier alpha value is -5.10. The highest BCUT2D eigenvalue weighted by Gasteiger charge is 2.22. The van der Waals surface area contributed by atoms with E-state index >= 15 is 0 Å². The van der Waals surface area contributed by atoms with Gasteiger partial charge in [-0.3, -0.25) is 4.79 Å². The van der Waals surface area contributed by atoms with Crippen molar-refractivity contribution in [3.8, 4) is 11.5 Å². The number of benzene rings is 5. The predicted octanol–water partition coefficient (Wildman–Crippen LogP) is 6.42. The molecule has 0 saturated carbocycles. The molecule has 0 aromatic heterocycles. The number of ether oxygens (including phenoxy) is 2. The smallest absolute Gasteiger partial charge is 0.326 e. The molecule has 0 spiro atoms.